The quantitative estimate of drug-likeness (QED) is 0.295. The summed E-state index contributed by atoms with van der Waals surface area (Å²) >= 11 is 0. The Bertz CT molecular complexity index is 368. The Hall–Kier alpha value is -0.730. The molecule has 0 N–H and O–H groups in total. The number of carbonyl (C=O) groups is 2. The molecule has 0 radical (unpaired) electrons. The second kappa shape index (κ2) is 7.65. The fourth-order valence-electron chi connectivity index (χ4n) is 1.41. The van der Waals surface area contributed by atoms with E-state index in [1.807, 2.05) is 13.8 Å². The predicted molar refractivity (Wildman–Crippen MR) is 73.3 cm³/mol. The van der Waals surface area contributed by atoms with Gasteiger partial charge in [-0.05, 0) is 27.2 Å². The van der Waals surface area contributed by atoms with E-state index in [1.165, 1.54) is 19.9 Å². The molecule has 0 saturated carbocycles. The lowest BCUT2D eigenvalue weighted by Gasteiger charge is -2.20. The molecule has 0 aliphatic heterocycles. The van der Waals surface area contributed by atoms with E-state index in [9.17, 15) is 14.2 Å². The van der Waals surface area contributed by atoms with Gasteiger partial charge in [-0.15, -0.1) is 0 Å². The van der Waals surface area contributed by atoms with Gasteiger partial charge in [-0.2, -0.15) is 0 Å². The smallest absolute Gasteiger partial charge is 0.206 e. The van der Waals surface area contributed by atoms with Gasteiger partial charge in [0.1, 0.15) is 0 Å². The van der Waals surface area contributed by atoms with Crippen molar-refractivity contribution >= 4 is 18.9 Å². The van der Waals surface area contributed by atoms with Gasteiger partial charge in [0.2, 0.25) is 7.37 Å². The Kier molecular flexibility index (Phi) is 7.34. The molecular weight excluding hydrogens is 251 g/mol. The van der Waals surface area contributed by atoms with Crippen LogP contribution >= 0.6 is 7.37 Å². The molecule has 0 amide bonds. The van der Waals surface area contributed by atoms with Crippen molar-refractivity contribution in [2.24, 2.45) is 0 Å². The molecule has 2 unspecified atom stereocenters. The zero-order chi connectivity index (χ0) is 14.3. The molecule has 2 atom stereocenters. The van der Waals surface area contributed by atoms with E-state index < -0.39 is 7.37 Å². The second-order valence-electron chi connectivity index (χ2n) is 4.37. The van der Waals surface area contributed by atoms with Gasteiger partial charge in [-0.3, -0.25) is 14.2 Å². The Balaban J connectivity index is 4.92. The summed E-state index contributed by atoms with van der Waals surface area (Å²) in [6, 6.07) is 0. The summed E-state index contributed by atoms with van der Waals surface area (Å²) in [5, 5.41) is 0. The molecule has 0 fully saturated rings. The average molecular weight is 274 g/mol. The minimum atomic E-state index is -2.79. The zero-order valence-corrected chi connectivity index (χ0v) is 12.8. The van der Waals surface area contributed by atoms with Crippen molar-refractivity contribution in [3.05, 3.63) is 11.6 Å². The fourth-order valence-corrected chi connectivity index (χ4v) is 3.17. The van der Waals surface area contributed by atoms with Crippen LogP contribution in [-0.4, -0.2) is 30.0 Å². The third kappa shape index (κ3) is 5.74. The van der Waals surface area contributed by atoms with Gasteiger partial charge in [-0.25, -0.2) is 0 Å². The third-order valence-corrected chi connectivity index (χ3v) is 5.21. The summed E-state index contributed by atoms with van der Waals surface area (Å²) in [6.45, 7) is 8.28. The lowest BCUT2D eigenvalue weighted by Crippen LogP contribution is -2.10. The standard InChI is InChI=1S/C13H23O4P/c1-6-10(3)17-18(16,7-2)9-8-13(11(4)14)12(5)15/h8,10H,6-7,9H2,1-5H3. The van der Waals surface area contributed by atoms with Gasteiger partial charge in [0.05, 0.1) is 11.7 Å². The highest BCUT2D eigenvalue weighted by Gasteiger charge is 2.23. The van der Waals surface area contributed by atoms with Crippen LogP contribution in [-0.2, 0) is 18.7 Å². The summed E-state index contributed by atoms with van der Waals surface area (Å²) in [6.07, 6.45) is 2.69. The van der Waals surface area contributed by atoms with Gasteiger partial charge in [0.15, 0.2) is 11.6 Å². The van der Waals surface area contributed by atoms with E-state index >= 15 is 0 Å². The minimum absolute atomic E-state index is 0.0812. The minimum Gasteiger partial charge on any atom is -0.325 e. The maximum Gasteiger partial charge on any atom is 0.206 e. The van der Waals surface area contributed by atoms with Gasteiger partial charge in [-0.1, -0.05) is 19.9 Å². The molecule has 104 valence electrons. The summed E-state index contributed by atoms with van der Waals surface area (Å²) < 4.78 is 17.9. The molecule has 0 heterocycles. The number of allylic oxidation sites excluding steroid dienone is 2. The van der Waals surface area contributed by atoms with E-state index in [0.29, 0.717) is 6.16 Å². The van der Waals surface area contributed by atoms with Crippen molar-refractivity contribution < 1.29 is 18.7 Å². The first kappa shape index (κ1) is 17.3. The van der Waals surface area contributed by atoms with E-state index in [0.717, 1.165) is 6.42 Å². The van der Waals surface area contributed by atoms with Crippen LogP contribution in [0, 0.1) is 0 Å². The van der Waals surface area contributed by atoms with Gasteiger partial charge in [0, 0.05) is 12.3 Å². The summed E-state index contributed by atoms with van der Waals surface area (Å²) in [7, 11) is -2.79. The summed E-state index contributed by atoms with van der Waals surface area (Å²) in [4.78, 5) is 22.5. The van der Waals surface area contributed by atoms with Crippen molar-refractivity contribution in [1.29, 1.82) is 0 Å². The van der Waals surface area contributed by atoms with Crippen LogP contribution in [0.2, 0.25) is 0 Å². The van der Waals surface area contributed by atoms with Crippen molar-refractivity contribution in [2.75, 3.05) is 12.3 Å². The van der Waals surface area contributed by atoms with Crippen molar-refractivity contribution in [3.63, 3.8) is 0 Å². The Labute approximate surface area is 109 Å². The van der Waals surface area contributed by atoms with Crippen LogP contribution < -0.4 is 0 Å². The zero-order valence-electron chi connectivity index (χ0n) is 11.9. The van der Waals surface area contributed by atoms with Crippen LogP contribution in [0.15, 0.2) is 11.6 Å². The second-order valence-corrected chi connectivity index (χ2v) is 7.21. The highest BCUT2D eigenvalue weighted by Crippen LogP contribution is 2.48. The van der Waals surface area contributed by atoms with E-state index in [1.54, 1.807) is 6.92 Å². The van der Waals surface area contributed by atoms with Crippen LogP contribution in [0.5, 0.6) is 0 Å². The molecule has 5 heteroatoms. The van der Waals surface area contributed by atoms with Crippen LogP contribution in [0.3, 0.4) is 0 Å². The van der Waals surface area contributed by atoms with Crippen molar-refractivity contribution in [2.45, 2.75) is 47.1 Å². The Morgan fingerprint density at radius 1 is 1.22 bits per heavy atom. The van der Waals surface area contributed by atoms with Crippen molar-refractivity contribution in [1.82, 2.24) is 0 Å². The van der Waals surface area contributed by atoms with Crippen molar-refractivity contribution in [3.8, 4) is 0 Å². The van der Waals surface area contributed by atoms with Gasteiger partial charge < -0.3 is 4.52 Å². The number of carbonyl (C=O) groups excluding carboxylic acids is 2. The SMILES string of the molecule is CCC(C)OP(=O)(CC)CC=C(C(C)=O)C(C)=O. The number of hydrogen-bond acceptors (Lipinski definition) is 4. The first-order chi connectivity index (χ1) is 8.25. The Morgan fingerprint density at radius 3 is 2.06 bits per heavy atom. The summed E-state index contributed by atoms with van der Waals surface area (Å²) in [5.41, 5.74) is 0.108. The summed E-state index contributed by atoms with van der Waals surface area (Å²) in [5.74, 6) is -0.595. The van der Waals surface area contributed by atoms with E-state index in [2.05, 4.69) is 0 Å². The van der Waals surface area contributed by atoms with Gasteiger partial charge in [0.25, 0.3) is 0 Å². The fraction of sp³-hybridized carbons (Fsp3) is 0.692. The molecule has 0 aromatic carbocycles. The van der Waals surface area contributed by atoms with E-state index in [4.69, 9.17) is 4.52 Å². The predicted octanol–water partition coefficient (Wildman–Crippen LogP) is 3.20. The first-order valence-electron chi connectivity index (χ1n) is 6.24. The normalized spacial score (nSPS) is 15.6. The average Bonchev–Trinajstić information content (AvgIpc) is 2.28. The molecule has 0 aromatic heterocycles. The lowest BCUT2D eigenvalue weighted by atomic mass is 10.1. The maximum absolute atomic E-state index is 12.4. The molecule has 0 spiro atoms. The highest BCUT2D eigenvalue weighted by molar-refractivity contribution is 7.59. The molecule has 0 aliphatic carbocycles. The lowest BCUT2D eigenvalue weighted by molar-refractivity contribution is -0.119. The first-order valence-corrected chi connectivity index (χ1v) is 8.23. The largest absolute Gasteiger partial charge is 0.325 e. The van der Waals surface area contributed by atoms with Gasteiger partial charge >= 0.3 is 0 Å². The number of Topliss-reactive ketones (excluding diaryl/α,β-unsaturated/α-hetero) is 2. The molecule has 0 saturated heterocycles. The highest BCUT2D eigenvalue weighted by atomic mass is 31.2. The molecule has 0 rings (SSSR count). The molecule has 0 aliphatic rings. The number of hydrogen-bond donors (Lipinski definition) is 0. The number of rotatable bonds is 8. The molecule has 0 aromatic rings. The van der Waals surface area contributed by atoms with E-state index in [-0.39, 0.29) is 29.4 Å². The molecular formula is C13H23O4P. The van der Waals surface area contributed by atoms with Crippen LogP contribution in [0.1, 0.15) is 41.0 Å². The van der Waals surface area contributed by atoms with Crippen LogP contribution in [0.4, 0.5) is 0 Å². The topological polar surface area (TPSA) is 60.4 Å². The maximum atomic E-state index is 12.4. The molecule has 18 heavy (non-hydrogen) atoms. The third-order valence-electron chi connectivity index (χ3n) is 2.76. The number of ketones is 2. The molecule has 4 nitrogen and oxygen atoms in total. The Morgan fingerprint density at radius 2 is 1.72 bits per heavy atom. The van der Waals surface area contributed by atoms with Crippen LogP contribution in [0.25, 0.3) is 0 Å². The molecule has 0 bridgehead atoms. The monoisotopic (exact) mass is 274 g/mol.